The number of Topliss-reactive ketones (excluding diaryl/α,β-unsaturated/α-hetero) is 1. The molecule has 0 unspecified atom stereocenters. The van der Waals surface area contributed by atoms with E-state index in [1.807, 2.05) is 0 Å². The zero-order valence-corrected chi connectivity index (χ0v) is 8.20. The molecule has 0 aliphatic carbocycles. The van der Waals surface area contributed by atoms with Crippen LogP contribution in [0.3, 0.4) is 0 Å². The first-order valence-electron chi connectivity index (χ1n) is 4.09. The van der Waals surface area contributed by atoms with Crippen molar-refractivity contribution in [1.82, 2.24) is 0 Å². The van der Waals surface area contributed by atoms with Crippen molar-refractivity contribution in [2.24, 2.45) is 0 Å². The number of ketones is 1. The van der Waals surface area contributed by atoms with Crippen LogP contribution in [-0.4, -0.2) is 24.0 Å². The van der Waals surface area contributed by atoms with E-state index in [2.05, 4.69) is 0 Å². The molecule has 0 saturated carbocycles. The Morgan fingerprint density at radius 3 is 2.40 bits per heavy atom. The molecule has 0 saturated heterocycles. The lowest BCUT2D eigenvalue weighted by Gasteiger charge is -2.07. The summed E-state index contributed by atoms with van der Waals surface area (Å²) in [7, 11) is 1.30. The smallest absolute Gasteiger partial charge is 0.377 e. The van der Waals surface area contributed by atoms with Gasteiger partial charge >= 0.3 is 5.97 Å². The van der Waals surface area contributed by atoms with Gasteiger partial charge in [0.1, 0.15) is 0 Å². The molecule has 4 nitrogen and oxygen atoms in total. The molecule has 1 N–H and O–H groups in total. The van der Waals surface area contributed by atoms with Gasteiger partial charge < -0.3 is 9.84 Å². The number of hydrogen-bond donors (Lipinski definition) is 1. The fourth-order valence-electron chi connectivity index (χ4n) is 1.24. The fourth-order valence-corrected chi connectivity index (χ4v) is 1.24. The number of ether oxygens (including phenoxy) is 1. The van der Waals surface area contributed by atoms with Crippen LogP contribution in [0.4, 0.5) is 4.39 Å². The lowest BCUT2D eigenvalue weighted by atomic mass is 10.1. The Balaban J connectivity index is 3.26. The third-order valence-corrected chi connectivity index (χ3v) is 1.89. The van der Waals surface area contributed by atoms with Crippen LogP contribution in [0.5, 0.6) is 5.75 Å². The van der Waals surface area contributed by atoms with Crippen molar-refractivity contribution in [2.75, 3.05) is 7.11 Å². The standard InChI is InChI=1S/C10H9FO4/c1-5-3-6(8(12)10(13)14)4-7(11)9(5)15-2/h3-4H,1-2H3,(H,13,14). The number of carbonyl (C=O) groups is 2. The van der Waals surface area contributed by atoms with Gasteiger partial charge in [0.2, 0.25) is 0 Å². The summed E-state index contributed by atoms with van der Waals surface area (Å²) in [5.41, 5.74) is 0.181. The Kier molecular flexibility index (Phi) is 3.04. The summed E-state index contributed by atoms with van der Waals surface area (Å²) in [6, 6.07) is 2.13. The Morgan fingerprint density at radius 2 is 2.00 bits per heavy atom. The molecule has 0 fully saturated rings. The Labute approximate surface area is 85.3 Å². The van der Waals surface area contributed by atoms with E-state index in [-0.39, 0.29) is 11.3 Å². The SMILES string of the molecule is COc1c(C)cc(C(=O)C(=O)O)cc1F. The number of carbonyl (C=O) groups excluding carboxylic acids is 1. The van der Waals surface area contributed by atoms with E-state index >= 15 is 0 Å². The van der Waals surface area contributed by atoms with E-state index in [4.69, 9.17) is 9.84 Å². The second-order valence-electron chi connectivity index (χ2n) is 2.94. The number of carboxylic acids is 1. The van der Waals surface area contributed by atoms with Gasteiger partial charge in [-0.25, -0.2) is 9.18 Å². The number of halogens is 1. The molecule has 80 valence electrons. The predicted molar refractivity (Wildman–Crippen MR) is 49.7 cm³/mol. The molecule has 1 rings (SSSR count). The third kappa shape index (κ3) is 2.12. The lowest BCUT2D eigenvalue weighted by Crippen LogP contribution is -2.13. The highest BCUT2D eigenvalue weighted by molar-refractivity contribution is 6.39. The summed E-state index contributed by atoms with van der Waals surface area (Å²) >= 11 is 0. The molecule has 0 spiro atoms. The van der Waals surface area contributed by atoms with E-state index in [1.54, 1.807) is 0 Å². The van der Waals surface area contributed by atoms with Crippen molar-refractivity contribution in [3.63, 3.8) is 0 Å². The van der Waals surface area contributed by atoms with E-state index < -0.39 is 17.6 Å². The van der Waals surface area contributed by atoms with Crippen LogP contribution >= 0.6 is 0 Å². The molecule has 0 aliphatic heterocycles. The number of aliphatic carboxylic acids is 1. The second kappa shape index (κ2) is 4.08. The summed E-state index contributed by atoms with van der Waals surface area (Å²) < 4.78 is 18.0. The Bertz CT molecular complexity index is 402. The van der Waals surface area contributed by atoms with Gasteiger partial charge in [0.15, 0.2) is 11.6 Å². The highest BCUT2D eigenvalue weighted by Crippen LogP contribution is 2.23. The van der Waals surface area contributed by atoms with Gasteiger partial charge in [-0.1, -0.05) is 0 Å². The number of aryl methyl sites for hydroxylation is 1. The first-order valence-corrected chi connectivity index (χ1v) is 4.09. The monoisotopic (exact) mass is 212 g/mol. The number of rotatable bonds is 3. The maximum Gasteiger partial charge on any atom is 0.377 e. The summed E-state index contributed by atoms with van der Waals surface area (Å²) in [6.45, 7) is 1.53. The van der Waals surface area contributed by atoms with E-state index in [1.165, 1.54) is 20.1 Å². The molecular formula is C10H9FO4. The zero-order valence-electron chi connectivity index (χ0n) is 8.20. The molecule has 5 heteroatoms. The first-order chi connectivity index (χ1) is 6.97. The second-order valence-corrected chi connectivity index (χ2v) is 2.94. The average molecular weight is 212 g/mol. The minimum Gasteiger partial charge on any atom is -0.493 e. The van der Waals surface area contributed by atoms with Gasteiger partial charge in [0, 0.05) is 5.56 Å². The summed E-state index contributed by atoms with van der Waals surface area (Å²) in [5.74, 6) is -3.49. The first kappa shape index (κ1) is 11.2. The Morgan fingerprint density at radius 1 is 1.40 bits per heavy atom. The molecule has 0 aliphatic rings. The van der Waals surface area contributed by atoms with Crippen LogP contribution in [0.1, 0.15) is 15.9 Å². The van der Waals surface area contributed by atoms with Gasteiger partial charge in [0.05, 0.1) is 7.11 Å². The Hall–Kier alpha value is -1.91. The molecule has 0 bridgehead atoms. The van der Waals surface area contributed by atoms with Crippen molar-refractivity contribution >= 4 is 11.8 Å². The minimum atomic E-state index is -1.61. The number of hydrogen-bond acceptors (Lipinski definition) is 3. The molecule has 0 atom stereocenters. The maximum atomic E-state index is 13.3. The highest BCUT2D eigenvalue weighted by atomic mass is 19.1. The quantitative estimate of drug-likeness (QED) is 0.607. The largest absolute Gasteiger partial charge is 0.493 e. The number of benzene rings is 1. The molecule has 15 heavy (non-hydrogen) atoms. The van der Waals surface area contributed by atoms with Gasteiger partial charge in [-0.15, -0.1) is 0 Å². The van der Waals surface area contributed by atoms with E-state index in [9.17, 15) is 14.0 Å². The summed E-state index contributed by atoms with van der Waals surface area (Å²) in [4.78, 5) is 21.4. The van der Waals surface area contributed by atoms with Crippen molar-refractivity contribution in [1.29, 1.82) is 0 Å². The van der Waals surface area contributed by atoms with Gasteiger partial charge in [-0.05, 0) is 24.6 Å². The van der Waals surface area contributed by atoms with Crippen LogP contribution in [0.25, 0.3) is 0 Å². The molecule has 0 amide bonds. The van der Waals surface area contributed by atoms with Crippen molar-refractivity contribution in [2.45, 2.75) is 6.92 Å². The number of carboxylic acid groups (broad SMARTS) is 1. The molecular weight excluding hydrogens is 203 g/mol. The predicted octanol–water partition coefficient (Wildman–Crippen LogP) is 1.41. The molecule has 1 aromatic carbocycles. The van der Waals surface area contributed by atoms with Crippen LogP contribution in [0.2, 0.25) is 0 Å². The van der Waals surface area contributed by atoms with Crippen molar-refractivity contribution < 1.29 is 23.8 Å². The maximum absolute atomic E-state index is 13.3. The van der Waals surface area contributed by atoms with Crippen LogP contribution in [0.15, 0.2) is 12.1 Å². The summed E-state index contributed by atoms with van der Waals surface area (Å²) in [6.07, 6.45) is 0. The van der Waals surface area contributed by atoms with Gasteiger partial charge in [0.25, 0.3) is 5.78 Å². The molecule has 0 radical (unpaired) electrons. The minimum absolute atomic E-state index is 0.0111. The molecule has 1 aromatic rings. The lowest BCUT2D eigenvalue weighted by molar-refractivity contribution is -0.131. The van der Waals surface area contributed by atoms with Crippen molar-refractivity contribution in [3.8, 4) is 5.75 Å². The van der Waals surface area contributed by atoms with Crippen molar-refractivity contribution in [3.05, 3.63) is 29.1 Å². The topological polar surface area (TPSA) is 63.6 Å². The van der Waals surface area contributed by atoms with Crippen LogP contribution in [-0.2, 0) is 4.79 Å². The molecule has 0 heterocycles. The number of methoxy groups -OCH3 is 1. The normalized spacial score (nSPS) is 9.80. The highest BCUT2D eigenvalue weighted by Gasteiger charge is 2.18. The van der Waals surface area contributed by atoms with E-state index in [0.717, 1.165) is 6.07 Å². The summed E-state index contributed by atoms with van der Waals surface area (Å²) in [5, 5.41) is 8.44. The van der Waals surface area contributed by atoms with Crippen LogP contribution in [0, 0.1) is 12.7 Å². The van der Waals surface area contributed by atoms with E-state index in [0.29, 0.717) is 5.56 Å². The third-order valence-electron chi connectivity index (χ3n) is 1.89. The van der Waals surface area contributed by atoms with Crippen LogP contribution < -0.4 is 4.74 Å². The average Bonchev–Trinajstić information content (AvgIpc) is 2.15. The fraction of sp³-hybridized carbons (Fsp3) is 0.200. The zero-order chi connectivity index (χ0) is 11.6. The van der Waals surface area contributed by atoms with Gasteiger partial charge in [-0.3, -0.25) is 4.79 Å². The molecule has 0 aromatic heterocycles. The van der Waals surface area contributed by atoms with Gasteiger partial charge in [-0.2, -0.15) is 0 Å².